The molecule has 2 aromatic rings. The van der Waals surface area contributed by atoms with Crippen molar-refractivity contribution in [2.45, 2.75) is 53.9 Å². The van der Waals surface area contributed by atoms with Crippen LogP contribution in [0.2, 0.25) is 0 Å². The average molecular weight is 376 g/mol. The molecule has 0 unspecified atom stereocenters. The van der Waals surface area contributed by atoms with E-state index >= 15 is 0 Å². The molecule has 0 fully saturated rings. The monoisotopic (exact) mass is 375 g/mol. The molecule has 0 aliphatic carbocycles. The molecule has 0 saturated heterocycles. The zero-order chi connectivity index (χ0) is 21.1. The van der Waals surface area contributed by atoms with E-state index in [2.05, 4.69) is 93.4 Å². The van der Waals surface area contributed by atoms with Crippen molar-refractivity contribution in [2.75, 3.05) is 11.9 Å². The van der Waals surface area contributed by atoms with Crippen molar-refractivity contribution in [1.29, 1.82) is 0 Å². The maximum atomic E-state index is 3.94. The Morgan fingerprint density at radius 2 is 1.50 bits per heavy atom. The number of anilines is 1. The number of nitrogens with zero attached hydrogens (tertiary/aromatic N) is 1. The van der Waals surface area contributed by atoms with Crippen LogP contribution in [-0.2, 0) is 6.42 Å². The van der Waals surface area contributed by atoms with Crippen LogP contribution in [0.25, 0.3) is 6.08 Å². The third-order valence-corrected chi connectivity index (χ3v) is 4.85. The quantitative estimate of drug-likeness (QED) is 0.443. The zero-order valence-electron chi connectivity index (χ0n) is 18.7. The van der Waals surface area contributed by atoms with E-state index in [-0.39, 0.29) is 0 Å². The van der Waals surface area contributed by atoms with Gasteiger partial charge in [0.15, 0.2) is 0 Å². The predicted octanol–water partition coefficient (Wildman–Crippen LogP) is 7.97. The van der Waals surface area contributed by atoms with Gasteiger partial charge in [-0.1, -0.05) is 80.1 Å². The van der Waals surface area contributed by atoms with Crippen LogP contribution in [0.5, 0.6) is 0 Å². The highest BCUT2D eigenvalue weighted by Gasteiger charge is 1.98. The molecule has 1 nitrogen and oxygen atoms in total. The summed E-state index contributed by atoms with van der Waals surface area (Å²) in [5.74, 6) is 0. The summed E-state index contributed by atoms with van der Waals surface area (Å²) < 4.78 is 0. The molecule has 0 radical (unpaired) electrons. The molecule has 0 amide bonds. The summed E-state index contributed by atoms with van der Waals surface area (Å²) in [5.41, 5.74) is 8.62. The first-order valence-electron chi connectivity index (χ1n) is 10.1. The van der Waals surface area contributed by atoms with Gasteiger partial charge in [-0.05, 0) is 69.4 Å². The maximum Gasteiger partial charge on any atom is 0.0405 e. The summed E-state index contributed by atoms with van der Waals surface area (Å²) in [6.45, 7) is 18.3. The average Bonchev–Trinajstić information content (AvgIpc) is 2.67. The summed E-state index contributed by atoms with van der Waals surface area (Å²) in [4.78, 5) is 2.07. The third kappa shape index (κ3) is 8.43. The minimum absolute atomic E-state index is 1.05. The van der Waals surface area contributed by atoms with E-state index in [0.717, 1.165) is 11.3 Å². The Kier molecular flexibility index (Phi) is 10.1. The van der Waals surface area contributed by atoms with Gasteiger partial charge in [-0.15, -0.1) is 0 Å². The molecule has 150 valence electrons. The summed E-state index contributed by atoms with van der Waals surface area (Å²) in [5, 5.41) is 0. The van der Waals surface area contributed by atoms with Crippen LogP contribution in [0.3, 0.4) is 0 Å². The number of benzene rings is 2. The maximum absolute atomic E-state index is 3.94. The molecule has 2 rings (SSSR count). The fourth-order valence-corrected chi connectivity index (χ4v) is 2.52. The first-order valence-corrected chi connectivity index (χ1v) is 10.1. The van der Waals surface area contributed by atoms with Crippen LogP contribution in [0.4, 0.5) is 5.69 Å². The van der Waals surface area contributed by atoms with Gasteiger partial charge in [-0.2, -0.15) is 0 Å². The lowest BCUT2D eigenvalue weighted by Gasteiger charge is -2.18. The van der Waals surface area contributed by atoms with Crippen LogP contribution in [0, 0.1) is 6.92 Å². The fraction of sp³-hybridized carbons (Fsp3) is 0.333. The summed E-state index contributed by atoms with van der Waals surface area (Å²) in [6, 6.07) is 17.3. The first kappa shape index (κ1) is 23.5. The highest BCUT2D eigenvalue weighted by Crippen LogP contribution is 2.16. The number of unbranched alkanes of at least 4 members (excludes halogenated alkanes) is 1. The van der Waals surface area contributed by atoms with Gasteiger partial charge in [0, 0.05) is 18.4 Å². The molecule has 1 heteroatoms. The van der Waals surface area contributed by atoms with Crippen LogP contribution in [0.1, 0.15) is 57.2 Å². The minimum Gasteiger partial charge on any atom is -0.349 e. The van der Waals surface area contributed by atoms with Gasteiger partial charge >= 0.3 is 0 Å². The van der Waals surface area contributed by atoms with Crippen LogP contribution in [0.15, 0.2) is 78.5 Å². The topological polar surface area (TPSA) is 3.24 Å². The molecule has 0 heterocycles. The van der Waals surface area contributed by atoms with Crippen molar-refractivity contribution in [1.82, 2.24) is 0 Å². The molecule has 0 aliphatic heterocycles. The molecular formula is C27H37N. The van der Waals surface area contributed by atoms with Gasteiger partial charge in [-0.3, -0.25) is 0 Å². The lowest BCUT2D eigenvalue weighted by molar-refractivity contribution is 0.795. The lowest BCUT2D eigenvalue weighted by atomic mass is 10.0. The first-order chi connectivity index (χ1) is 13.2. The van der Waals surface area contributed by atoms with E-state index in [1.165, 1.54) is 47.2 Å². The highest BCUT2D eigenvalue weighted by molar-refractivity contribution is 5.57. The van der Waals surface area contributed by atoms with Gasteiger partial charge < -0.3 is 4.90 Å². The summed E-state index contributed by atoms with van der Waals surface area (Å²) in [7, 11) is 2.02. The van der Waals surface area contributed by atoms with Crippen molar-refractivity contribution >= 4 is 11.8 Å². The second-order valence-corrected chi connectivity index (χ2v) is 7.58. The molecule has 2 aromatic carbocycles. The Hall–Kier alpha value is -2.54. The van der Waals surface area contributed by atoms with E-state index in [0.29, 0.717) is 0 Å². The molecule has 0 bridgehead atoms. The molecular weight excluding hydrogens is 338 g/mol. The number of hydrogen-bond donors (Lipinski definition) is 0. The molecule has 0 saturated carbocycles. The smallest absolute Gasteiger partial charge is 0.0405 e. The van der Waals surface area contributed by atoms with Crippen molar-refractivity contribution in [3.8, 4) is 0 Å². The van der Waals surface area contributed by atoms with Crippen LogP contribution in [-0.4, -0.2) is 7.05 Å². The largest absolute Gasteiger partial charge is 0.349 e. The highest BCUT2D eigenvalue weighted by atomic mass is 15.1. The Morgan fingerprint density at radius 3 is 1.96 bits per heavy atom. The lowest BCUT2D eigenvalue weighted by Crippen LogP contribution is -2.12. The second kappa shape index (κ2) is 12.0. The van der Waals surface area contributed by atoms with E-state index < -0.39 is 0 Å². The summed E-state index contributed by atoms with van der Waals surface area (Å²) >= 11 is 0. The molecule has 0 aromatic heterocycles. The molecule has 0 atom stereocenters. The number of allylic oxidation sites excluding steroid dienone is 3. The fourth-order valence-electron chi connectivity index (χ4n) is 2.52. The van der Waals surface area contributed by atoms with E-state index in [4.69, 9.17) is 0 Å². The SMILES string of the molecule is C=C(C)/C(C)=C/c1ccc(CCCC)cc1.C=C(C)N(C)c1ccc(C)cc1. The van der Waals surface area contributed by atoms with Crippen molar-refractivity contribution in [2.24, 2.45) is 0 Å². The minimum atomic E-state index is 1.05. The summed E-state index contributed by atoms with van der Waals surface area (Å²) in [6.07, 6.45) is 5.92. The number of rotatable bonds is 7. The Bertz CT molecular complexity index is 776. The third-order valence-electron chi connectivity index (χ3n) is 4.85. The molecule has 0 spiro atoms. The van der Waals surface area contributed by atoms with Gasteiger partial charge in [0.1, 0.15) is 0 Å². The van der Waals surface area contributed by atoms with Gasteiger partial charge in [0.05, 0.1) is 0 Å². The van der Waals surface area contributed by atoms with Gasteiger partial charge in [0.2, 0.25) is 0 Å². The standard InChI is InChI=1S/C16H22.C11H15N/c1-5-6-7-15-8-10-16(11-9-15)12-14(4)13(2)3;1-9(2)12(4)11-7-5-10(3)6-8-11/h8-12H,2,5-7H2,1,3-4H3;5-8H,1H2,2-4H3/b14-12+;. The van der Waals surface area contributed by atoms with E-state index in [1.807, 2.05) is 20.9 Å². The number of hydrogen-bond acceptors (Lipinski definition) is 1. The van der Waals surface area contributed by atoms with Crippen LogP contribution >= 0.6 is 0 Å². The molecule has 28 heavy (non-hydrogen) atoms. The number of aryl methyl sites for hydroxylation is 2. The van der Waals surface area contributed by atoms with Gasteiger partial charge in [0.25, 0.3) is 0 Å². The Balaban J connectivity index is 0.000000292. The Morgan fingerprint density at radius 1 is 0.929 bits per heavy atom. The van der Waals surface area contributed by atoms with Crippen molar-refractivity contribution in [3.63, 3.8) is 0 Å². The van der Waals surface area contributed by atoms with Crippen LogP contribution < -0.4 is 4.90 Å². The predicted molar refractivity (Wildman–Crippen MR) is 128 cm³/mol. The Labute approximate surface area is 173 Å². The van der Waals surface area contributed by atoms with E-state index in [9.17, 15) is 0 Å². The molecule has 0 N–H and O–H groups in total. The second-order valence-electron chi connectivity index (χ2n) is 7.58. The normalized spacial score (nSPS) is 10.7. The van der Waals surface area contributed by atoms with Crippen molar-refractivity contribution < 1.29 is 0 Å². The van der Waals surface area contributed by atoms with Gasteiger partial charge in [-0.25, -0.2) is 0 Å². The molecule has 0 aliphatic rings. The van der Waals surface area contributed by atoms with E-state index in [1.54, 1.807) is 0 Å². The van der Waals surface area contributed by atoms with Crippen molar-refractivity contribution in [3.05, 3.63) is 95.2 Å². The zero-order valence-corrected chi connectivity index (χ0v) is 18.7.